The summed E-state index contributed by atoms with van der Waals surface area (Å²) in [6.07, 6.45) is -2.85. The van der Waals surface area contributed by atoms with Crippen molar-refractivity contribution in [1.29, 1.82) is 0 Å². The zero-order valence-corrected chi connectivity index (χ0v) is 8.66. The minimum atomic E-state index is -4.25. The summed E-state index contributed by atoms with van der Waals surface area (Å²) in [6, 6.07) is 3.72. The Morgan fingerprint density at radius 1 is 1.27 bits per heavy atom. The van der Waals surface area contributed by atoms with Crippen LogP contribution in [0.2, 0.25) is 0 Å². The average Bonchev–Trinajstić information content (AvgIpc) is 2.46. The summed E-state index contributed by atoms with van der Waals surface area (Å²) >= 11 is 0. The highest BCUT2D eigenvalue weighted by Gasteiger charge is 2.32. The minimum Gasteiger partial charge on any atom is -0.324 e. The molecule has 1 aromatic rings. The highest BCUT2D eigenvalue weighted by molar-refractivity contribution is 5.85. The second-order valence-corrected chi connectivity index (χ2v) is 3.56. The van der Waals surface area contributed by atoms with Gasteiger partial charge in [0.15, 0.2) is 0 Å². The van der Waals surface area contributed by atoms with Crippen LogP contribution in [0.4, 0.5) is 13.2 Å². The zero-order chi connectivity index (χ0) is 10.3. The van der Waals surface area contributed by atoms with E-state index >= 15 is 0 Å². The molecule has 0 saturated carbocycles. The molecule has 5 heteroatoms. The normalized spacial score (nSPS) is 19.6. The molecule has 15 heavy (non-hydrogen) atoms. The van der Waals surface area contributed by atoms with E-state index in [4.69, 9.17) is 5.73 Å². The van der Waals surface area contributed by atoms with E-state index in [9.17, 15) is 13.2 Å². The lowest BCUT2D eigenvalue weighted by molar-refractivity contribution is -0.137. The highest BCUT2D eigenvalue weighted by Crippen LogP contribution is 2.35. The van der Waals surface area contributed by atoms with Crippen molar-refractivity contribution in [1.82, 2.24) is 0 Å². The molecule has 0 radical (unpaired) electrons. The molecule has 0 spiro atoms. The van der Waals surface area contributed by atoms with Crippen LogP contribution in [0.15, 0.2) is 18.2 Å². The van der Waals surface area contributed by atoms with Gasteiger partial charge in [0.25, 0.3) is 0 Å². The third-order valence-corrected chi connectivity index (χ3v) is 2.59. The maximum absolute atomic E-state index is 12.3. The van der Waals surface area contributed by atoms with Gasteiger partial charge in [-0.05, 0) is 36.1 Å². The summed E-state index contributed by atoms with van der Waals surface area (Å²) in [5.74, 6) is 0. The lowest BCUT2D eigenvalue weighted by Crippen LogP contribution is -2.08. The Balaban J connectivity index is 0.00000112. The van der Waals surface area contributed by atoms with Crippen molar-refractivity contribution in [3.8, 4) is 0 Å². The maximum Gasteiger partial charge on any atom is 0.416 e. The van der Waals surface area contributed by atoms with Crippen LogP contribution in [0.25, 0.3) is 0 Å². The topological polar surface area (TPSA) is 26.0 Å². The predicted octanol–water partition coefficient (Wildman–Crippen LogP) is 3.07. The Morgan fingerprint density at radius 2 is 1.93 bits per heavy atom. The summed E-state index contributed by atoms with van der Waals surface area (Å²) in [4.78, 5) is 0. The lowest BCUT2D eigenvalue weighted by atomic mass is 10.0. The smallest absolute Gasteiger partial charge is 0.324 e. The molecule has 0 amide bonds. The highest BCUT2D eigenvalue weighted by atomic mass is 35.5. The van der Waals surface area contributed by atoms with Crippen LogP contribution in [0.1, 0.15) is 29.2 Å². The van der Waals surface area contributed by atoms with Crippen LogP contribution in [0.5, 0.6) is 0 Å². The third-order valence-electron chi connectivity index (χ3n) is 2.59. The predicted molar refractivity (Wildman–Crippen MR) is 53.9 cm³/mol. The number of rotatable bonds is 0. The Morgan fingerprint density at radius 3 is 2.53 bits per heavy atom. The van der Waals surface area contributed by atoms with E-state index in [1.165, 1.54) is 12.1 Å². The molecular weight excluding hydrogens is 227 g/mol. The molecule has 1 aliphatic rings. The number of aryl methyl sites for hydroxylation is 1. The Labute approximate surface area is 91.9 Å². The van der Waals surface area contributed by atoms with Gasteiger partial charge in [-0.15, -0.1) is 12.4 Å². The van der Waals surface area contributed by atoms with Gasteiger partial charge >= 0.3 is 6.18 Å². The largest absolute Gasteiger partial charge is 0.416 e. The molecule has 2 rings (SSSR count). The van der Waals surface area contributed by atoms with Crippen molar-refractivity contribution < 1.29 is 13.2 Å². The van der Waals surface area contributed by atoms with Gasteiger partial charge in [0, 0.05) is 6.04 Å². The van der Waals surface area contributed by atoms with Crippen LogP contribution in [-0.4, -0.2) is 0 Å². The van der Waals surface area contributed by atoms with Crippen LogP contribution in [0.3, 0.4) is 0 Å². The van der Waals surface area contributed by atoms with Crippen LogP contribution in [0, 0.1) is 0 Å². The first kappa shape index (κ1) is 12.3. The monoisotopic (exact) mass is 237 g/mol. The van der Waals surface area contributed by atoms with Crippen molar-refractivity contribution in [2.45, 2.75) is 25.1 Å². The van der Waals surface area contributed by atoms with Crippen LogP contribution >= 0.6 is 12.4 Å². The van der Waals surface area contributed by atoms with E-state index in [0.29, 0.717) is 6.42 Å². The van der Waals surface area contributed by atoms with E-state index < -0.39 is 11.7 Å². The first-order chi connectivity index (χ1) is 6.48. The second kappa shape index (κ2) is 4.02. The van der Waals surface area contributed by atoms with Gasteiger partial charge in [0.2, 0.25) is 0 Å². The molecule has 84 valence electrons. The SMILES string of the molecule is Cl.N[C@H]1CCc2cc(C(F)(F)F)ccc21. The van der Waals surface area contributed by atoms with E-state index in [0.717, 1.165) is 23.6 Å². The van der Waals surface area contributed by atoms with Gasteiger partial charge in [-0.3, -0.25) is 0 Å². The molecule has 0 bridgehead atoms. The first-order valence-corrected chi connectivity index (χ1v) is 4.44. The van der Waals surface area contributed by atoms with Gasteiger partial charge in [0.05, 0.1) is 5.56 Å². The third kappa shape index (κ3) is 2.26. The van der Waals surface area contributed by atoms with Crippen molar-refractivity contribution in [2.75, 3.05) is 0 Å². The quantitative estimate of drug-likeness (QED) is 0.737. The van der Waals surface area contributed by atoms with Gasteiger partial charge in [-0.2, -0.15) is 13.2 Å². The standard InChI is InChI=1S/C10H10F3N.ClH/c11-10(12,13)7-2-3-8-6(5-7)1-4-9(8)14;/h2-3,5,9H,1,4,14H2;1H/t9-;/m0./s1. The van der Waals surface area contributed by atoms with Crippen molar-refractivity contribution in [3.63, 3.8) is 0 Å². The fraction of sp³-hybridized carbons (Fsp3) is 0.400. The second-order valence-electron chi connectivity index (χ2n) is 3.56. The van der Waals surface area contributed by atoms with E-state index in [-0.39, 0.29) is 18.4 Å². The molecule has 0 saturated heterocycles. The van der Waals surface area contributed by atoms with Crippen molar-refractivity contribution >= 4 is 12.4 Å². The average molecular weight is 238 g/mol. The minimum absolute atomic E-state index is 0. The molecule has 1 aromatic carbocycles. The lowest BCUT2D eigenvalue weighted by Gasteiger charge is -2.09. The van der Waals surface area contributed by atoms with Crippen molar-refractivity contribution in [2.24, 2.45) is 5.73 Å². The Hall–Kier alpha value is -0.740. The summed E-state index contributed by atoms with van der Waals surface area (Å²) in [6.45, 7) is 0. The van der Waals surface area contributed by atoms with E-state index in [1.54, 1.807) is 0 Å². The van der Waals surface area contributed by atoms with Crippen LogP contribution < -0.4 is 5.73 Å². The first-order valence-electron chi connectivity index (χ1n) is 4.44. The van der Waals surface area contributed by atoms with Gasteiger partial charge in [-0.1, -0.05) is 6.07 Å². The number of benzene rings is 1. The van der Waals surface area contributed by atoms with Gasteiger partial charge in [-0.25, -0.2) is 0 Å². The fourth-order valence-corrected chi connectivity index (χ4v) is 1.83. The Kier molecular flexibility index (Phi) is 3.31. The van der Waals surface area contributed by atoms with Crippen molar-refractivity contribution in [3.05, 3.63) is 34.9 Å². The maximum atomic E-state index is 12.3. The molecule has 1 nitrogen and oxygen atoms in total. The summed E-state index contributed by atoms with van der Waals surface area (Å²) in [7, 11) is 0. The number of nitrogens with two attached hydrogens (primary N) is 1. The number of hydrogen-bond donors (Lipinski definition) is 1. The van der Waals surface area contributed by atoms with E-state index in [1.807, 2.05) is 0 Å². The number of halogens is 4. The number of alkyl halides is 3. The fourth-order valence-electron chi connectivity index (χ4n) is 1.83. The van der Waals surface area contributed by atoms with Gasteiger partial charge < -0.3 is 5.73 Å². The zero-order valence-electron chi connectivity index (χ0n) is 7.84. The molecule has 0 aliphatic heterocycles. The molecule has 1 atom stereocenters. The molecule has 0 heterocycles. The van der Waals surface area contributed by atoms with Crippen LogP contribution in [-0.2, 0) is 12.6 Å². The van der Waals surface area contributed by atoms with Gasteiger partial charge in [0.1, 0.15) is 0 Å². The molecule has 2 N–H and O–H groups in total. The molecule has 0 unspecified atom stereocenters. The molecular formula is C10H11ClF3N. The molecule has 0 aromatic heterocycles. The Bertz CT molecular complexity index is 362. The van der Waals surface area contributed by atoms with E-state index in [2.05, 4.69) is 0 Å². The number of hydrogen-bond acceptors (Lipinski definition) is 1. The molecule has 0 fully saturated rings. The summed E-state index contributed by atoms with van der Waals surface area (Å²) < 4.78 is 37.0. The number of fused-ring (bicyclic) bond motifs is 1. The summed E-state index contributed by atoms with van der Waals surface area (Å²) in [5, 5.41) is 0. The molecule has 1 aliphatic carbocycles. The summed E-state index contributed by atoms with van der Waals surface area (Å²) in [5.41, 5.74) is 6.75.